The Hall–Kier alpha value is -3.45. The van der Waals surface area contributed by atoms with Gasteiger partial charge in [-0.15, -0.1) is 0 Å². The van der Waals surface area contributed by atoms with Gasteiger partial charge in [0.2, 0.25) is 11.8 Å². The fourth-order valence-electron chi connectivity index (χ4n) is 3.54. The molecule has 0 bridgehead atoms. The molecular weight excluding hydrogens is 390 g/mol. The number of rotatable bonds is 10. The van der Waals surface area contributed by atoms with Crippen molar-refractivity contribution in [3.63, 3.8) is 0 Å². The van der Waals surface area contributed by atoms with Crippen molar-refractivity contribution in [1.29, 1.82) is 0 Å². The molecular formula is C24H29N5O2. The molecule has 3 rings (SSSR count). The molecule has 31 heavy (non-hydrogen) atoms. The lowest BCUT2D eigenvalue weighted by Crippen LogP contribution is -2.40. The Labute approximate surface area is 183 Å². The predicted molar refractivity (Wildman–Crippen MR) is 121 cm³/mol. The first-order chi connectivity index (χ1) is 15.1. The second kappa shape index (κ2) is 11.1. The van der Waals surface area contributed by atoms with E-state index >= 15 is 0 Å². The first kappa shape index (κ1) is 22.2. The number of nitrogens with zero attached hydrogens (tertiary/aromatic N) is 3. The number of anilines is 1. The van der Waals surface area contributed by atoms with Gasteiger partial charge in [-0.05, 0) is 42.4 Å². The number of hydrogen-bond donors (Lipinski definition) is 2. The van der Waals surface area contributed by atoms with Gasteiger partial charge in [0.05, 0.1) is 0 Å². The lowest BCUT2D eigenvalue weighted by atomic mass is 10.0. The van der Waals surface area contributed by atoms with E-state index in [1.54, 1.807) is 23.1 Å². The fraction of sp³-hybridized carbons (Fsp3) is 0.292. The van der Waals surface area contributed by atoms with Crippen LogP contribution in [-0.4, -0.2) is 39.6 Å². The van der Waals surface area contributed by atoms with E-state index in [2.05, 4.69) is 34.5 Å². The second-order valence-corrected chi connectivity index (χ2v) is 7.20. The maximum atomic E-state index is 13.1. The number of amides is 2. The van der Waals surface area contributed by atoms with Gasteiger partial charge in [0.1, 0.15) is 12.6 Å². The van der Waals surface area contributed by atoms with Crippen LogP contribution in [0.4, 0.5) is 5.69 Å². The van der Waals surface area contributed by atoms with Gasteiger partial charge in [-0.3, -0.25) is 19.2 Å². The molecule has 1 aromatic heterocycles. The number of carbonyl (C=O) groups excluding carboxylic acids is 2. The van der Waals surface area contributed by atoms with Crippen LogP contribution >= 0.6 is 0 Å². The van der Waals surface area contributed by atoms with Crippen molar-refractivity contribution in [2.45, 2.75) is 33.0 Å². The van der Waals surface area contributed by atoms with Gasteiger partial charge >= 0.3 is 0 Å². The third kappa shape index (κ3) is 6.26. The molecule has 1 atom stereocenters. The zero-order valence-corrected chi connectivity index (χ0v) is 18.0. The maximum absolute atomic E-state index is 13.1. The normalized spacial score (nSPS) is 11.8. The number of aromatic nitrogens is 2. The Kier molecular flexibility index (Phi) is 7.95. The van der Waals surface area contributed by atoms with Gasteiger partial charge in [0.25, 0.3) is 0 Å². The Morgan fingerprint density at radius 2 is 1.81 bits per heavy atom. The summed E-state index contributed by atoms with van der Waals surface area (Å²) in [7, 11) is 0. The molecule has 2 amide bonds. The highest BCUT2D eigenvalue weighted by Crippen LogP contribution is 2.21. The fourth-order valence-corrected chi connectivity index (χ4v) is 3.54. The molecule has 1 unspecified atom stereocenters. The number of likely N-dealkylation sites (N-methyl/N-ethyl adjacent to an activating group) is 1. The van der Waals surface area contributed by atoms with Gasteiger partial charge in [0, 0.05) is 24.6 Å². The van der Waals surface area contributed by atoms with E-state index in [0.717, 1.165) is 24.2 Å². The number of nitrogens with one attached hydrogen (secondary N) is 2. The van der Waals surface area contributed by atoms with Crippen LogP contribution in [0.1, 0.15) is 31.0 Å². The molecule has 162 valence electrons. The summed E-state index contributed by atoms with van der Waals surface area (Å²) in [5.74, 6) is -0.196. The molecule has 0 saturated carbocycles. The lowest BCUT2D eigenvalue weighted by molar-refractivity contribution is -0.126. The Bertz CT molecular complexity index is 969. The number of hydrogen-bond acceptors (Lipinski definition) is 4. The Morgan fingerprint density at radius 3 is 2.48 bits per heavy atom. The van der Waals surface area contributed by atoms with Crippen LogP contribution in [0.2, 0.25) is 0 Å². The van der Waals surface area contributed by atoms with Gasteiger partial charge in [0.15, 0.2) is 0 Å². The Balaban J connectivity index is 1.63. The van der Waals surface area contributed by atoms with Crippen LogP contribution in [0, 0.1) is 0 Å². The molecule has 0 aliphatic carbocycles. The van der Waals surface area contributed by atoms with Crippen LogP contribution in [0.25, 0.3) is 0 Å². The van der Waals surface area contributed by atoms with Crippen LogP contribution in [0.5, 0.6) is 0 Å². The number of benzene rings is 2. The van der Waals surface area contributed by atoms with E-state index in [0.29, 0.717) is 12.2 Å². The topological polar surface area (TPSA) is 79.3 Å². The molecule has 0 spiro atoms. The van der Waals surface area contributed by atoms with E-state index in [4.69, 9.17) is 0 Å². The van der Waals surface area contributed by atoms with Gasteiger partial charge in [-0.1, -0.05) is 56.3 Å². The van der Waals surface area contributed by atoms with Crippen LogP contribution in [0.15, 0.2) is 73.1 Å². The third-order valence-electron chi connectivity index (χ3n) is 5.08. The minimum atomic E-state index is -0.340. The van der Waals surface area contributed by atoms with Crippen molar-refractivity contribution in [2.24, 2.45) is 0 Å². The summed E-state index contributed by atoms with van der Waals surface area (Å²) in [6, 6.07) is 18.8. The highest BCUT2D eigenvalue weighted by Gasteiger charge is 2.25. The minimum absolute atomic E-state index is 0.0389. The third-order valence-corrected chi connectivity index (χ3v) is 5.08. The average molecular weight is 420 g/mol. The molecule has 2 N–H and O–H groups in total. The molecule has 7 heteroatoms. The van der Waals surface area contributed by atoms with Crippen LogP contribution < -0.4 is 10.6 Å². The molecule has 2 aromatic carbocycles. The number of carbonyl (C=O) groups is 2. The molecule has 1 heterocycles. The zero-order valence-electron chi connectivity index (χ0n) is 18.0. The molecule has 0 fully saturated rings. The highest BCUT2D eigenvalue weighted by molar-refractivity contribution is 5.90. The quantitative estimate of drug-likeness (QED) is 0.529. The molecule has 7 nitrogen and oxygen atoms in total. The zero-order chi connectivity index (χ0) is 22.1. The van der Waals surface area contributed by atoms with E-state index in [1.165, 1.54) is 0 Å². The summed E-state index contributed by atoms with van der Waals surface area (Å²) < 4.78 is 1.57. The van der Waals surface area contributed by atoms with Crippen molar-refractivity contribution < 1.29 is 9.59 Å². The highest BCUT2D eigenvalue weighted by atomic mass is 16.2. The average Bonchev–Trinajstić information content (AvgIpc) is 3.29. The summed E-state index contributed by atoms with van der Waals surface area (Å²) in [6.45, 7) is 6.20. The second-order valence-electron chi connectivity index (χ2n) is 7.20. The standard InChI is InChI=1S/C24H29N5O2/c1-3-28(4-2)23(20-11-6-5-7-12-20)24(31)25-17-19-10-8-13-21(16-19)27-22(30)18-29-15-9-14-26-29/h5-16,23H,3-4,17-18H2,1-2H3,(H,25,31)(H,27,30). The molecule has 0 aliphatic heterocycles. The van der Waals surface area contributed by atoms with Crippen molar-refractivity contribution >= 4 is 17.5 Å². The van der Waals surface area contributed by atoms with E-state index < -0.39 is 0 Å². The van der Waals surface area contributed by atoms with Crippen molar-refractivity contribution in [3.05, 3.63) is 84.2 Å². The van der Waals surface area contributed by atoms with Crippen molar-refractivity contribution in [1.82, 2.24) is 20.0 Å². The summed E-state index contributed by atoms with van der Waals surface area (Å²) in [6.07, 6.45) is 3.38. The van der Waals surface area contributed by atoms with E-state index in [1.807, 2.05) is 54.6 Å². The smallest absolute Gasteiger partial charge is 0.246 e. The van der Waals surface area contributed by atoms with Crippen molar-refractivity contribution in [3.8, 4) is 0 Å². The molecule has 0 radical (unpaired) electrons. The summed E-state index contributed by atoms with van der Waals surface area (Å²) >= 11 is 0. The monoisotopic (exact) mass is 419 g/mol. The van der Waals surface area contributed by atoms with Gasteiger partial charge in [-0.2, -0.15) is 5.10 Å². The predicted octanol–water partition coefficient (Wildman–Crippen LogP) is 3.22. The minimum Gasteiger partial charge on any atom is -0.350 e. The summed E-state index contributed by atoms with van der Waals surface area (Å²) in [5.41, 5.74) is 2.58. The molecule has 0 saturated heterocycles. The SMILES string of the molecule is CCN(CC)C(C(=O)NCc1cccc(NC(=O)Cn2cccn2)c1)c1ccccc1. The largest absolute Gasteiger partial charge is 0.350 e. The molecule has 0 aliphatic rings. The van der Waals surface area contributed by atoms with E-state index in [9.17, 15) is 9.59 Å². The van der Waals surface area contributed by atoms with E-state index in [-0.39, 0.29) is 24.4 Å². The first-order valence-electron chi connectivity index (χ1n) is 10.5. The van der Waals surface area contributed by atoms with Crippen LogP contribution in [0.3, 0.4) is 0 Å². The summed E-state index contributed by atoms with van der Waals surface area (Å²) in [4.78, 5) is 27.4. The van der Waals surface area contributed by atoms with Crippen LogP contribution in [-0.2, 0) is 22.7 Å². The lowest BCUT2D eigenvalue weighted by Gasteiger charge is -2.29. The Morgan fingerprint density at radius 1 is 1.03 bits per heavy atom. The maximum Gasteiger partial charge on any atom is 0.246 e. The summed E-state index contributed by atoms with van der Waals surface area (Å²) in [5, 5.41) is 9.97. The van der Waals surface area contributed by atoms with Gasteiger partial charge < -0.3 is 10.6 Å². The first-order valence-corrected chi connectivity index (χ1v) is 10.5. The van der Waals surface area contributed by atoms with Gasteiger partial charge in [-0.25, -0.2) is 0 Å². The molecule has 3 aromatic rings. The van der Waals surface area contributed by atoms with Crippen molar-refractivity contribution in [2.75, 3.05) is 18.4 Å².